The van der Waals surface area contributed by atoms with Gasteiger partial charge in [0.25, 0.3) is 5.91 Å². The van der Waals surface area contributed by atoms with Crippen LogP contribution in [-0.2, 0) is 11.2 Å². The lowest BCUT2D eigenvalue weighted by atomic mass is 9.95. The van der Waals surface area contributed by atoms with E-state index in [1.165, 1.54) is 5.56 Å². The van der Waals surface area contributed by atoms with E-state index in [4.69, 9.17) is 4.74 Å². The van der Waals surface area contributed by atoms with Crippen LogP contribution in [0.4, 0.5) is 0 Å². The first kappa shape index (κ1) is 22.3. The van der Waals surface area contributed by atoms with Crippen molar-refractivity contribution in [3.8, 4) is 5.75 Å². The summed E-state index contributed by atoms with van der Waals surface area (Å²) in [7, 11) is 0. The molecule has 4 heteroatoms. The maximum atomic E-state index is 12.5. The Morgan fingerprint density at radius 1 is 0.839 bits per heavy atom. The van der Waals surface area contributed by atoms with E-state index in [1.807, 2.05) is 18.2 Å². The highest BCUT2D eigenvalue weighted by molar-refractivity contribution is 6.08. The van der Waals surface area contributed by atoms with E-state index in [9.17, 15) is 9.59 Å². The number of carbonyl (C=O) groups is 2. The molecule has 1 amide bonds. The monoisotopic (exact) mass is 415 g/mol. The molecule has 3 aromatic rings. The van der Waals surface area contributed by atoms with Crippen LogP contribution in [0.25, 0.3) is 0 Å². The van der Waals surface area contributed by atoms with E-state index in [0.29, 0.717) is 16.9 Å². The van der Waals surface area contributed by atoms with Crippen molar-refractivity contribution >= 4 is 11.7 Å². The molecule has 3 rings (SSSR count). The Morgan fingerprint density at radius 2 is 1.45 bits per heavy atom. The van der Waals surface area contributed by atoms with Crippen LogP contribution < -0.4 is 10.1 Å². The zero-order valence-electron chi connectivity index (χ0n) is 18.3. The van der Waals surface area contributed by atoms with Gasteiger partial charge in [-0.3, -0.25) is 9.59 Å². The van der Waals surface area contributed by atoms with Crippen LogP contribution in [0.1, 0.15) is 53.9 Å². The number of ketones is 1. The van der Waals surface area contributed by atoms with Crippen LogP contribution in [0.5, 0.6) is 5.75 Å². The van der Waals surface area contributed by atoms with Crippen molar-refractivity contribution in [3.63, 3.8) is 0 Å². The second kappa shape index (κ2) is 10.6. The number of nitrogens with one attached hydrogen (secondary N) is 1. The first-order valence-corrected chi connectivity index (χ1v) is 10.7. The largest absolute Gasteiger partial charge is 0.484 e. The van der Waals surface area contributed by atoms with Gasteiger partial charge in [0.05, 0.1) is 6.04 Å². The lowest BCUT2D eigenvalue weighted by Gasteiger charge is -2.23. The number of aryl methyl sites for hydroxylation is 1. The Kier molecular flexibility index (Phi) is 7.60. The van der Waals surface area contributed by atoms with Crippen molar-refractivity contribution in [2.45, 2.75) is 33.2 Å². The molecule has 3 aromatic carbocycles. The number of amides is 1. The molecule has 0 saturated carbocycles. The molecule has 0 aliphatic rings. The quantitative estimate of drug-likeness (QED) is 0.478. The van der Waals surface area contributed by atoms with Gasteiger partial charge in [-0.05, 0) is 47.7 Å². The predicted molar refractivity (Wildman–Crippen MR) is 123 cm³/mol. The minimum Gasteiger partial charge on any atom is -0.484 e. The Hall–Kier alpha value is -3.40. The summed E-state index contributed by atoms with van der Waals surface area (Å²) in [6.07, 6.45) is 0.989. The van der Waals surface area contributed by atoms with Gasteiger partial charge < -0.3 is 10.1 Å². The standard InChI is InChI=1S/C27H29NO3/c1-4-20-10-12-21(13-11-20)26(19(2)3)28-25(29)18-31-24-16-14-23(15-17-24)27(30)22-8-6-5-7-9-22/h5-17,19,26H,4,18H2,1-3H3,(H,28,29)/t26-/m1/s1. The number of carbonyl (C=O) groups excluding carboxylic acids is 2. The fraction of sp³-hybridized carbons (Fsp3) is 0.259. The molecule has 0 saturated heterocycles. The highest BCUT2D eigenvalue weighted by Crippen LogP contribution is 2.22. The first-order valence-electron chi connectivity index (χ1n) is 10.7. The minimum atomic E-state index is -0.178. The van der Waals surface area contributed by atoms with Crippen molar-refractivity contribution in [1.29, 1.82) is 0 Å². The second-order valence-electron chi connectivity index (χ2n) is 7.89. The zero-order chi connectivity index (χ0) is 22.2. The van der Waals surface area contributed by atoms with Gasteiger partial charge in [-0.1, -0.05) is 75.4 Å². The van der Waals surface area contributed by atoms with Crippen molar-refractivity contribution in [2.75, 3.05) is 6.61 Å². The van der Waals surface area contributed by atoms with Crippen LogP contribution in [0.15, 0.2) is 78.9 Å². The smallest absolute Gasteiger partial charge is 0.258 e. The van der Waals surface area contributed by atoms with Crippen LogP contribution >= 0.6 is 0 Å². The van der Waals surface area contributed by atoms with Crippen LogP contribution in [-0.4, -0.2) is 18.3 Å². The van der Waals surface area contributed by atoms with Crippen LogP contribution in [0, 0.1) is 5.92 Å². The molecule has 0 unspecified atom stereocenters. The fourth-order valence-electron chi connectivity index (χ4n) is 3.42. The molecule has 4 nitrogen and oxygen atoms in total. The van der Waals surface area contributed by atoms with Crippen LogP contribution in [0.3, 0.4) is 0 Å². The Morgan fingerprint density at radius 3 is 2.03 bits per heavy atom. The Bertz CT molecular complexity index is 993. The Labute approximate surface area is 184 Å². The minimum absolute atomic E-state index is 0.0428. The van der Waals surface area contributed by atoms with E-state index in [0.717, 1.165) is 12.0 Å². The highest BCUT2D eigenvalue weighted by atomic mass is 16.5. The molecule has 0 spiro atoms. The van der Waals surface area contributed by atoms with Crippen molar-refractivity contribution in [2.24, 2.45) is 5.92 Å². The third-order valence-electron chi connectivity index (χ3n) is 5.25. The molecule has 1 N–H and O–H groups in total. The summed E-state index contributed by atoms with van der Waals surface area (Å²) in [5, 5.41) is 3.07. The van der Waals surface area contributed by atoms with Gasteiger partial charge in [0.2, 0.25) is 0 Å². The summed E-state index contributed by atoms with van der Waals surface area (Å²) in [6, 6.07) is 24.3. The molecule has 0 heterocycles. The second-order valence-corrected chi connectivity index (χ2v) is 7.89. The number of benzene rings is 3. The van der Waals surface area contributed by atoms with Crippen molar-refractivity contribution in [3.05, 3.63) is 101 Å². The third-order valence-corrected chi connectivity index (χ3v) is 5.25. The topological polar surface area (TPSA) is 55.4 Å². The lowest BCUT2D eigenvalue weighted by Crippen LogP contribution is -2.35. The van der Waals surface area contributed by atoms with Crippen molar-refractivity contribution in [1.82, 2.24) is 5.32 Å². The molecule has 31 heavy (non-hydrogen) atoms. The van der Waals surface area contributed by atoms with E-state index in [-0.39, 0.29) is 30.3 Å². The maximum Gasteiger partial charge on any atom is 0.258 e. The number of hydrogen-bond acceptors (Lipinski definition) is 3. The van der Waals surface area contributed by atoms with Gasteiger partial charge in [0.1, 0.15) is 5.75 Å². The molecule has 160 valence electrons. The van der Waals surface area contributed by atoms with Crippen molar-refractivity contribution < 1.29 is 14.3 Å². The molecule has 1 atom stereocenters. The summed E-state index contributed by atoms with van der Waals surface area (Å²) in [4.78, 5) is 25.0. The zero-order valence-corrected chi connectivity index (χ0v) is 18.3. The number of ether oxygens (including phenoxy) is 1. The number of hydrogen-bond donors (Lipinski definition) is 1. The normalized spacial score (nSPS) is 11.7. The molecule has 0 aromatic heterocycles. The SMILES string of the molecule is CCc1ccc([C@H](NC(=O)COc2ccc(C(=O)c3ccccc3)cc2)C(C)C)cc1. The van der Waals surface area contributed by atoms with E-state index < -0.39 is 0 Å². The highest BCUT2D eigenvalue weighted by Gasteiger charge is 2.18. The molecule has 0 radical (unpaired) electrons. The van der Waals surface area contributed by atoms with E-state index >= 15 is 0 Å². The van der Waals surface area contributed by atoms with Gasteiger partial charge in [-0.15, -0.1) is 0 Å². The summed E-state index contributed by atoms with van der Waals surface area (Å²) in [5.41, 5.74) is 3.58. The summed E-state index contributed by atoms with van der Waals surface area (Å²) in [6.45, 7) is 6.21. The van der Waals surface area contributed by atoms with Gasteiger partial charge in [-0.25, -0.2) is 0 Å². The lowest BCUT2D eigenvalue weighted by molar-refractivity contribution is -0.124. The molecule has 0 aliphatic carbocycles. The van der Waals surface area contributed by atoms with Gasteiger partial charge >= 0.3 is 0 Å². The van der Waals surface area contributed by atoms with Gasteiger partial charge in [0.15, 0.2) is 12.4 Å². The summed E-state index contributed by atoms with van der Waals surface area (Å²) in [5.74, 6) is 0.578. The van der Waals surface area contributed by atoms with Gasteiger partial charge in [-0.2, -0.15) is 0 Å². The molecular formula is C27H29NO3. The predicted octanol–water partition coefficient (Wildman–Crippen LogP) is 5.37. The average Bonchev–Trinajstić information content (AvgIpc) is 2.81. The molecule has 0 aliphatic heterocycles. The summed E-state index contributed by atoms with van der Waals surface area (Å²) >= 11 is 0. The average molecular weight is 416 g/mol. The molecule has 0 bridgehead atoms. The van der Waals surface area contributed by atoms with Crippen LogP contribution in [0.2, 0.25) is 0 Å². The number of rotatable bonds is 9. The van der Waals surface area contributed by atoms with E-state index in [1.54, 1.807) is 36.4 Å². The third kappa shape index (κ3) is 6.05. The maximum absolute atomic E-state index is 12.5. The Balaban J connectivity index is 1.57. The van der Waals surface area contributed by atoms with E-state index in [2.05, 4.69) is 50.4 Å². The molecule has 0 fully saturated rings. The first-order chi connectivity index (χ1) is 15.0. The fourth-order valence-corrected chi connectivity index (χ4v) is 3.42. The molecular weight excluding hydrogens is 386 g/mol. The van der Waals surface area contributed by atoms with Gasteiger partial charge in [0, 0.05) is 11.1 Å². The summed E-state index contributed by atoms with van der Waals surface area (Å²) < 4.78 is 5.64.